The molecule has 0 fully saturated rings. The SMILES string of the molecule is CCCCc1ccc([Si](Cl)(Cl)c2ccccc2C)cc1. The van der Waals surface area contributed by atoms with Gasteiger partial charge in [-0.3, -0.25) is 0 Å². The second-order valence-corrected chi connectivity index (χ2v) is 11.4. The summed E-state index contributed by atoms with van der Waals surface area (Å²) >= 11 is 13.5. The fourth-order valence-electron chi connectivity index (χ4n) is 2.34. The molecule has 2 rings (SSSR count). The van der Waals surface area contributed by atoms with Crippen molar-refractivity contribution >= 4 is 39.2 Å². The standard InChI is InChI=1S/C17H20Cl2Si/c1-3-4-8-15-10-12-16(13-11-15)20(18,19)17-9-6-5-7-14(17)2/h5-7,9-13H,3-4,8H2,1-2H3. The van der Waals surface area contributed by atoms with Gasteiger partial charge in [-0.2, -0.15) is 0 Å². The van der Waals surface area contributed by atoms with Gasteiger partial charge in [0.15, 0.2) is 0 Å². The third-order valence-corrected chi connectivity index (χ3v) is 8.45. The summed E-state index contributed by atoms with van der Waals surface area (Å²) in [6.45, 7) is 1.67. The molecule has 2 aromatic carbocycles. The van der Waals surface area contributed by atoms with Crippen LogP contribution in [0.25, 0.3) is 0 Å². The van der Waals surface area contributed by atoms with Crippen LogP contribution in [0.1, 0.15) is 30.9 Å². The molecule has 0 unspecified atom stereocenters. The van der Waals surface area contributed by atoms with Gasteiger partial charge in [0.2, 0.25) is 0 Å². The summed E-state index contributed by atoms with van der Waals surface area (Å²) in [5.41, 5.74) is 2.53. The van der Waals surface area contributed by atoms with Crippen molar-refractivity contribution in [3.63, 3.8) is 0 Å². The van der Waals surface area contributed by atoms with Crippen molar-refractivity contribution in [3.8, 4) is 0 Å². The molecule has 0 aromatic heterocycles. The van der Waals surface area contributed by atoms with Crippen molar-refractivity contribution in [1.82, 2.24) is 0 Å². The van der Waals surface area contributed by atoms with Gasteiger partial charge in [-0.25, -0.2) is 0 Å². The average Bonchev–Trinajstić information content (AvgIpc) is 2.46. The van der Waals surface area contributed by atoms with Crippen molar-refractivity contribution in [1.29, 1.82) is 0 Å². The molecule has 0 aliphatic carbocycles. The lowest BCUT2D eigenvalue weighted by Gasteiger charge is -2.20. The third-order valence-electron chi connectivity index (χ3n) is 3.62. The lowest BCUT2D eigenvalue weighted by molar-refractivity contribution is 0.795. The monoisotopic (exact) mass is 322 g/mol. The Bertz CT molecular complexity index is 561. The first-order chi connectivity index (χ1) is 9.55. The molecular weight excluding hydrogens is 303 g/mol. The fraction of sp³-hybridized carbons (Fsp3) is 0.294. The van der Waals surface area contributed by atoms with Crippen LogP contribution in [0.2, 0.25) is 0 Å². The highest BCUT2D eigenvalue weighted by atomic mass is 35.7. The molecule has 0 radical (unpaired) electrons. The van der Waals surface area contributed by atoms with E-state index in [9.17, 15) is 0 Å². The molecule has 0 saturated heterocycles. The fourth-order valence-corrected chi connectivity index (χ4v) is 6.15. The molecule has 0 heterocycles. The van der Waals surface area contributed by atoms with Gasteiger partial charge >= 0.3 is 6.69 Å². The normalized spacial score (nSPS) is 11.6. The Morgan fingerprint density at radius 2 is 1.60 bits per heavy atom. The molecule has 0 spiro atoms. The molecule has 0 N–H and O–H groups in total. The predicted octanol–water partition coefficient (Wildman–Crippen LogP) is 4.37. The number of hydrogen-bond acceptors (Lipinski definition) is 0. The number of rotatable bonds is 5. The molecule has 20 heavy (non-hydrogen) atoms. The Morgan fingerprint density at radius 3 is 2.20 bits per heavy atom. The lowest BCUT2D eigenvalue weighted by Crippen LogP contribution is -2.49. The van der Waals surface area contributed by atoms with Crippen molar-refractivity contribution < 1.29 is 0 Å². The number of benzene rings is 2. The summed E-state index contributed by atoms with van der Waals surface area (Å²) in [5.74, 6) is 0. The van der Waals surface area contributed by atoms with E-state index in [0.717, 1.165) is 16.8 Å². The second-order valence-electron chi connectivity index (χ2n) is 5.19. The Hall–Kier alpha value is -0.763. The molecule has 0 nitrogen and oxygen atoms in total. The van der Waals surface area contributed by atoms with Crippen LogP contribution in [0.15, 0.2) is 48.5 Å². The van der Waals surface area contributed by atoms with E-state index in [1.165, 1.54) is 24.0 Å². The Morgan fingerprint density at radius 1 is 0.950 bits per heavy atom. The first-order valence-corrected chi connectivity index (χ1v) is 11.1. The van der Waals surface area contributed by atoms with Gasteiger partial charge in [-0.05, 0) is 41.3 Å². The van der Waals surface area contributed by atoms with E-state index in [4.69, 9.17) is 22.2 Å². The summed E-state index contributed by atoms with van der Waals surface area (Å²) < 4.78 is 0. The highest BCUT2D eigenvalue weighted by Crippen LogP contribution is 2.18. The van der Waals surface area contributed by atoms with Crippen LogP contribution in [0.4, 0.5) is 0 Å². The maximum absolute atomic E-state index is 6.75. The van der Waals surface area contributed by atoms with Gasteiger partial charge in [-0.15, -0.1) is 22.2 Å². The van der Waals surface area contributed by atoms with Crippen LogP contribution < -0.4 is 10.4 Å². The van der Waals surface area contributed by atoms with Crippen LogP contribution in [-0.2, 0) is 6.42 Å². The lowest BCUT2D eigenvalue weighted by atomic mass is 10.1. The number of hydrogen-bond donors (Lipinski definition) is 0. The van der Waals surface area contributed by atoms with E-state index in [1.807, 2.05) is 18.2 Å². The van der Waals surface area contributed by atoms with E-state index in [2.05, 4.69) is 44.2 Å². The topological polar surface area (TPSA) is 0 Å². The van der Waals surface area contributed by atoms with Gasteiger partial charge in [-0.1, -0.05) is 61.9 Å². The first-order valence-electron chi connectivity index (χ1n) is 7.09. The molecule has 0 saturated carbocycles. The maximum atomic E-state index is 6.75. The van der Waals surface area contributed by atoms with Crippen LogP contribution >= 0.6 is 22.2 Å². The molecular formula is C17H20Cl2Si. The third kappa shape index (κ3) is 3.46. The largest absolute Gasteiger partial charge is 0.310 e. The minimum Gasteiger partial charge on any atom is -0.134 e. The molecule has 0 aliphatic heterocycles. The van der Waals surface area contributed by atoms with E-state index >= 15 is 0 Å². The summed E-state index contributed by atoms with van der Waals surface area (Å²) in [6.07, 6.45) is 3.57. The van der Waals surface area contributed by atoms with E-state index in [1.54, 1.807) is 0 Å². The maximum Gasteiger partial charge on any atom is 0.310 e. The zero-order chi connectivity index (χ0) is 14.6. The Labute approximate surface area is 132 Å². The smallest absolute Gasteiger partial charge is 0.134 e. The van der Waals surface area contributed by atoms with Gasteiger partial charge in [0.05, 0.1) is 0 Å². The predicted molar refractivity (Wildman–Crippen MR) is 93.0 cm³/mol. The average molecular weight is 323 g/mol. The summed E-state index contributed by atoms with van der Waals surface area (Å²) in [6, 6.07) is 16.7. The summed E-state index contributed by atoms with van der Waals surface area (Å²) in [5, 5.41) is 2.15. The van der Waals surface area contributed by atoms with Gasteiger partial charge < -0.3 is 0 Å². The van der Waals surface area contributed by atoms with Gasteiger partial charge in [0, 0.05) is 0 Å². The highest BCUT2D eigenvalue weighted by molar-refractivity contribution is 7.56. The van der Waals surface area contributed by atoms with Crippen LogP contribution in [0.5, 0.6) is 0 Å². The minimum atomic E-state index is -2.61. The van der Waals surface area contributed by atoms with Crippen molar-refractivity contribution in [3.05, 3.63) is 59.7 Å². The molecule has 0 bridgehead atoms. The summed E-state index contributed by atoms with van der Waals surface area (Å²) in [7, 11) is 0. The number of halogens is 2. The molecule has 0 atom stereocenters. The molecule has 106 valence electrons. The minimum absolute atomic E-state index is 1.07. The van der Waals surface area contributed by atoms with Gasteiger partial charge in [0.1, 0.15) is 0 Å². The zero-order valence-electron chi connectivity index (χ0n) is 12.0. The van der Waals surface area contributed by atoms with E-state index in [-0.39, 0.29) is 0 Å². The van der Waals surface area contributed by atoms with E-state index < -0.39 is 6.69 Å². The van der Waals surface area contributed by atoms with Crippen LogP contribution in [0.3, 0.4) is 0 Å². The van der Waals surface area contributed by atoms with Gasteiger partial charge in [0.25, 0.3) is 0 Å². The van der Waals surface area contributed by atoms with Crippen molar-refractivity contribution in [2.75, 3.05) is 0 Å². The van der Waals surface area contributed by atoms with Crippen molar-refractivity contribution in [2.45, 2.75) is 33.1 Å². The molecule has 0 amide bonds. The number of aryl methyl sites for hydroxylation is 2. The first kappa shape index (κ1) is 15.6. The molecule has 2 aromatic rings. The van der Waals surface area contributed by atoms with Crippen LogP contribution in [-0.4, -0.2) is 6.69 Å². The highest BCUT2D eigenvalue weighted by Gasteiger charge is 2.34. The van der Waals surface area contributed by atoms with Crippen LogP contribution in [0, 0.1) is 6.92 Å². The molecule has 3 heteroatoms. The molecule has 0 aliphatic rings. The quantitative estimate of drug-likeness (QED) is 0.566. The number of unbranched alkanes of at least 4 members (excludes halogenated alkanes) is 1. The summed E-state index contributed by atoms with van der Waals surface area (Å²) in [4.78, 5) is 0. The van der Waals surface area contributed by atoms with E-state index in [0.29, 0.717) is 0 Å². The van der Waals surface area contributed by atoms with Crippen molar-refractivity contribution in [2.24, 2.45) is 0 Å². The Kier molecular flexibility index (Phi) is 5.31. The second kappa shape index (κ2) is 6.80. The zero-order valence-corrected chi connectivity index (χ0v) is 14.5. The Balaban J connectivity index is 2.28.